The molecule has 2 nitrogen and oxygen atoms in total. The fourth-order valence-electron chi connectivity index (χ4n) is 1.66. The van der Waals surface area contributed by atoms with Crippen molar-refractivity contribution in [2.24, 2.45) is 0 Å². The van der Waals surface area contributed by atoms with Crippen molar-refractivity contribution in [1.82, 2.24) is 0 Å². The lowest BCUT2D eigenvalue weighted by Crippen LogP contribution is -2.16. The highest BCUT2D eigenvalue weighted by Gasteiger charge is 2.13. The third-order valence-electron chi connectivity index (χ3n) is 2.58. The Morgan fingerprint density at radius 3 is 2.45 bits per heavy atom. The lowest BCUT2D eigenvalue weighted by atomic mass is 10.1. The standard InChI is InChI=1S/C14H9Br2F2NO/c15-10-4-2-1-3-8(10)5-13(20)19-14-11(16)6-9(17)7-12(14)18/h1-4,6-7H,5H2,(H,19,20). The van der Waals surface area contributed by atoms with Crippen LogP contribution in [0.1, 0.15) is 5.56 Å². The molecule has 0 aliphatic heterocycles. The van der Waals surface area contributed by atoms with Gasteiger partial charge in [0.25, 0.3) is 0 Å². The summed E-state index contributed by atoms with van der Waals surface area (Å²) < 4.78 is 27.5. The summed E-state index contributed by atoms with van der Waals surface area (Å²) in [6.45, 7) is 0. The first-order valence-corrected chi connectivity index (χ1v) is 7.24. The molecule has 0 saturated heterocycles. The van der Waals surface area contributed by atoms with E-state index in [1.54, 1.807) is 6.07 Å². The number of anilines is 1. The summed E-state index contributed by atoms with van der Waals surface area (Å²) in [5.41, 5.74) is 0.715. The second-order valence-corrected chi connectivity index (χ2v) is 5.77. The fourth-order valence-corrected chi connectivity index (χ4v) is 2.59. The molecule has 0 unspecified atom stereocenters. The zero-order valence-electron chi connectivity index (χ0n) is 10.1. The molecule has 104 valence electrons. The summed E-state index contributed by atoms with van der Waals surface area (Å²) >= 11 is 6.36. The normalized spacial score (nSPS) is 10.4. The SMILES string of the molecule is O=C(Cc1ccccc1Br)Nc1c(F)cc(F)cc1Br. The van der Waals surface area contributed by atoms with Crippen molar-refractivity contribution in [3.8, 4) is 0 Å². The summed E-state index contributed by atoms with van der Waals surface area (Å²) in [5.74, 6) is -1.92. The summed E-state index contributed by atoms with van der Waals surface area (Å²) in [6, 6.07) is 9.07. The molecule has 1 amide bonds. The van der Waals surface area contributed by atoms with E-state index in [0.717, 1.165) is 22.2 Å². The molecule has 0 atom stereocenters. The Hall–Kier alpha value is -1.27. The van der Waals surface area contributed by atoms with Crippen LogP contribution in [0.15, 0.2) is 45.3 Å². The van der Waals surface area contributed by atoms with E-state index in [1.165, 1.54) is 0 Å². The summed E-state index contributed by atoms with van der Waals surface area (Å²) in [6.07, 6.45) is 0.0880. The van der Waals surface area contributed by atoms with Gasteiger partial charge in [-0.1, -0.05) is 34.1 Å². The van der Waals surface area contributed by atoms with Crippen LogP contribution in [0.3, 0.4) is 0 Å². The largest absolute Gasteiger partial charge is 0.322 e. The maximum Gasteiger partial charge on any atom is 0.228 e. The summed E-state index contributed by atoms with van der Waals surface area (Å²) in [7, 11) is 0. The van der Waals surface area contributed by atoms with Gasteiger partial charge in [-0.3, -0.25) is 4.79 Å². The van der Waals surface area contributed by atoms with Crippen LogP contribution in [-0.2, 0) is 11.2 Å². The first kappa shape index (κ1) is 15.1. The minimum absolute atomic E-state index is 0.0662. The minimum atomic E-state index is -0.822. The van der Waals surface area contributed by atoms with Crippen LogP contribution in [0.5, 0.6) is 0 Å². The van der Waals surface area contributed by atoms with E-state index in [4.69, 9.17) is 0 Å². The Morgan fingerprint density at radius 1 is 1.10 bits per heavy atom. The van der Waals surface area contributed by atoms with Crippen LogP contribution in [0.4, 0.5) is 14.5 Å². The first-order valence-electron chi connectivity index (χ1n) is 5.65. The van der Waals surface area contributed by atoms with Gasteiger partial charge in [-0.2, -0.15) is 0 Å². The molecule has 2 aromatic carbocycles. The molecule has 2 rings (SSSR count). The van der Waals surface area contributed by atoms with Crippen molar-refractivity contribution < 1.29 is 13.6 Å². The topological polar surface area (TPSA) is 29.1 Å². The zero-order valence-corrected chi connectivity index (χ0v) is 13.3. The van der Waals surface area contributed by atoms with Crippen LogP contribution in [0.25, 0.3) is 0 Å². The molecular formula is C14H9Br2F2NO. The average molecular weight is 405 g/mol. The fraction of sp³-hybridized carbons (Fsp3) is 0.0714. The van der Waals surface area contributed by atoms with Crippen molar-refractivity contribution in [1.29, 1.82) is 0 Å². The molecule has 0 radical (unpaired) electrons. The van der Waals surface area contributed by atoms with E-state index in [0.29, 0.717) is 0 Å². The summed E-state index contributed by atoms with van der Waals surface area (Å²) in [4.78, 5) is 11.9. The molecule has 0 saturated carbocycles. The Labute approximate surface area is 131 Å². The number of carbonyl (C=O) groups excluding carboxylic acids is 1. The maximum atomic E-state index is 13.6. The molecule has 0 bridgehead atoms. The minimum Gasteiger partial charge on any atom is -0.322 e. The second kappa shape index (κ2) is 6.45. The van der Waals surface area contributed by atoms with Gasteiger partial charge in [0.05, 0.1) is 12.1 Å². The molecule has 0 aliphatic rings. The Bertz CT molecular complexity index is 638. The Balaban J connectivity index is 2.15. The number of halogens is 4. The van der Waals surface area contributed by atoms with Gasteiger partial charge in [0.2, 0.25) is 5.91 Å². The van der Waals surface area contributed by atoms with Gasteiger partial charge in [-0.25, -0.2) is 8.78 Å². The Morgan fingerprint density at radius 2 is 1.80 bits per heavy atom. The van der Waals surface area contributed by atoms with E-state index in [9.17, 15) is 13.6 Å². The third-order valence-corrected chi connectivity index (χ3v) is 3.98. The molecule has 0 heterocycles. The zero-order chi connectivity index (χ0) is 14.7. The van der Waals surface area contributed by atoms with Crippen molar-refractivity contribution in [3.05, 3.63) is 62.5 Å². The monoisotopic (exact) mass is 403 g/mol. The third kappa shape index (κ3) is 3.64. The molecule has 6 heteroatoms. The highest BCUT2D eigenvalue weighted by Crippen LogP contribution is 2.27. The van der Waals surface area contributed by atoms with Gasteiger partial charge in [-0.15, -0.1) is 0 Å². The van der Waals surface area contributed by atoms with E-state index in [2.05, 4.69) is 37.2 Å². The van der Waals surface area contributed by atoms with Gasteiger partial charge >= 0.3 is 0 Å². The number of carbonyl (C=O) groups is 1. The van der Waals surface area contributed by atoms with Crippen molar-refractivity contribution >= 4 is 43.5 Å². The predicted molar refractivity (Wildman–Crippen MR) is 80.5 cm³/mol. The molecule has 1 N–H and O–H groups in total. The van der Waals surface area contributed by atoms with E-state index < -0.39 is 11.6 Å². The number of rotatable bonds is 3. The molecule has 0 aromatic heterocycles. The number of hydrogen-bond donors (Lipinski definition) is 1. The van der Waals surface area contributed by atoms with Gasteiger partial charge < -0.3 is 5.32 Å². The maximum absolute atomic E-state index is 13.6. The predicted octanol–water partition coefficient (Wildman–Crippen LogP) is 4.67. The van der Waals surface area contributed by atoms with Gasteiger partial charge in [-0.05, 0) is 33.6 Å². The van der Waals surface area contributed by atoms with E-state index in [1.807, 2.05) is 18.2 Å². The number of nitrogens with one attached hydrogen (secondary N) is 1. The Kier molecular flexibility index (Phi) is 4.88. The lowest BCUT2D eigenvalue weighted by molar-refractivity contribution is -0.115. The van der Waals surface area contributed by atoms with Crippen molar-refractivity contribution in [2.75, 3.05) is 5.32 Å². The second-order valence-electron chi connectivity index (χ2n) is 4.06. The summed E-state index contributed by atoms with van der Waals surface area (Å²) in [5, 5.41) is 2.43. The van der Waals surface area contributed by atoms with Crippen LogP contribution in [-0.4, -0.2) is 5.91 Å². The quantitative estimate of drug-likeness (QED) is 0.791. The van der Waals surface area contributed by atoms with Crippen molar-refractivity contribution in [2.45, 2.75) is 6.42 Å². The smallest absolute Gasteiger partial charge is 0.228 e. The molecule has 20 heavy (non-hydrogen) atoms. The number of amides is 1. The van der Waals surface area contributed by atoms with Gasteiger partial charge in [0.15, 0.2) is 5.82 Å². The van der Waals surface area contributed by atoms with E-state index >= 15 is 0 Å². The van der Waals surface area contributed by atoms with Crippen LogP contribution < -0.4 is 5.32 Å². The van der Waals surface area contributed by atoms with Crippen LogP contribution in [0.2, 0.25) is 0 Å². The van der Waals surface area contributed by atoms with Crippen molar-refractivity contribution in [3.63, 3.8) is 0 Å². The molecule has 0 spiro atoms. The van der Waals surface area contributed by atoms with Crippen LogP contribution >= 0.6 is 31.9 Å². The lowest BCUT2D eigenvalue weighted by Gasteiger charge is -2.09. The highest BCUT2D eigenvalue weighted by atomic mass is 79.9. The molecule has 0 aliphatic carbocycles. The molecule has 0 fully saturated rings. The van der Waals surface area contributed by atoms with Crippen LogP contribution in [0, 0.1) is 11.6 Å². The highest BCUT2D eigenvalue weighted by molar-refractivity contribution is 9.10. The number of hydrogen-bond acceptors (Lipinski definition) is 1. The average Bonchev–Trinajstić information content (AvgIpc) is 2.36. The van der Waals surface area contributed by atoms with Gasteiger partial charge in [0.1, 0.15) is 5.82 Å². The van der Waals surface area contributed by atoms with Gasteiger partial charge in [0, 0.05) is 15.0 Å². The molecular weight excluding hydrogens is 396 g/mol. The first-order chi connectivity index (χ1) is 9.47. The molecule has 2 aromatic rings. The number of benzene rings is 2. The van der Waals surface area contributed by atoms with E-state index in [-0.39, 0.29) is 22.5 Å².